The lowest BCUT2D eigenvalue weighted by molar-refractivity contribution is 0.393. The summed E-state index contributed by atoms with van der Waals surface area (Å²) in [6, 6.07) is 8.10. The van der Waals surface area contributed by atoms with Gasteiger partial charge in [0, 0.05) is 0 Å². The number of rotatable bonds is 4. The molecule has 17 heavy (non-hydrogen) atoms. The summed E-state index contributed by atoms with van der Waals surface area (Å²) >= 11 is 3.55. The van der Waals surface area contributed by atoms with Gasteiger partial charge in [-0.1, -0.05) is 39.8 Å². The molecule has 0 aliphatic carbocycles. The van der Waals surface area contributed by atoms with Crippen LogP contribution >= 0.6 is 15.9 Å². The van der Waals surface area contributed by atoms with Crippen LogP contribution in [0, 0.1) is 5.92 Å². The van der Waals surface area contributed by atoms with E-state index in [0.717, 1.165) is 10.2 Å². The second-order valence-electron chi connectivity index (χ2n) is 5.92. The van der Waals surface area contributed by atoms with E-state index in [0.29, 0.717) is 5.92 Å². The van der Waals surface area contributed by atoms with E-state index in [1.807, 2.05) is 24.3 Å². The third-order valence-electron chi connectivity index (χ3n) is 4.20. The normalized spacial score (nSPS) is 12.9. The average Bonchev–Trinajstić information content (AvgIpc) is 2.20. The van der Waals surface area contributed by atoms with Crippen LogP contribution in [0.2, 0.25) is 18.1 Å². The zero-order valence-electron chi connectivity index (χ0n) is 11.7. The van der Waals surface area contributed by atoms with Crippen molar-refractivity contribution in [2.24, 2.45) is 5.92 Å². The monoisotopic (exact) mass is 314 g/mol. The van der Waals surface area contributed by atoms with Crippen molar-refractivity contribution < 1.29 is 4.43 Å². The molecule has 1 rings (SSSR count). The number of benzene rings is 1. The van der Waals surface area contributed by atoms with E-state index >= 15 is 0 Å². The summed E-state index contributed by atoms with van der Waals surface area (Å²) in [5, 5.41) is 0.238. The highest BCUT2D eigenvalue weighted by molar-refractivity contribution is 9.10. The molecule has 0 bridgehead atoms. The highest BCUT2D eigenvalue weighted by Gasteiger charge is 2.45. The summed E-state index contributed by atoms with van der Waals surface area (Å²) in [5.74, 6) is 1.59. The molecule has 0 atom stereocenters. The third-order valence-corrected chi connectivity index (χ3v) is 9.26. The zero-order chi connectivity index (χ0) is 13.3. The molecule has 1 nitrogen and oxygen atoms in total. The van der Waals surface area contributed by atoms with Gasteiger partial charge in [0.2, 0.25) is 0 Å². The Balaban J connectivity index is 2.98. The maximum absolute atomic E-state index is 6.35. The molecule has 96 valence electrons. The molecule has 3 heteroatoms. The van der Waals surface area contributed by atoms with Gasteiger partial charge in [0.1, 0.15) is 5.75 Å². The van der Waals surface area contributed by atoms with E-state index in [-0.39, 0.29) is 5.04 Å². The van der Waals surface area contributed by atoms with Gasteiger partial charge < -0.3 is 4.43 Å². The summed E-state index contributed by atoms with van der Waals surface area (Å²) in [5.41, 5.74) is 0. The SMILES string of the molecule is CC(C)C(C)(C)[Si](C)(C)Oc1ccccc1Br. The molecule has 1 aromatic rings. The topological polar surface area (TPSA) is 9.23 Å². The standard InChI is InChI=1S/C14H23BrOSi/c1-11(2)14(3,4)17(5,6)16-13-10-8-7-9-12(13)15/h7-11H,1-6H3. The molecule has 0 saturated heterocycles. The van der Waals surface area contributed by atoms with Gasteiger partial charge in [-0.2, -0.15) is 0 Å². The summed E-state index contributed by atoms with van der Waals surface area (Å²) < 4.78 is 7.39. The second-order valence-corrected chi connectivity index (χ2v) is 11.3. The fraction of sp³-hybridized carbons (Fsp3) is 0.571. The van der Waals surface area contributed by atoms with Crippen LogP contribution in [0.3, 0.4) is 0 Å². The van der Waals surface area contributed by atoms with E-state index in [9.17, 15) is 0 Å². The molecule has 0 aromatic heterocycles. The molecule has 0 aliphatic heterocycles. The Morgan fingerprint density at radius 1 is 1.18 bits per heavy atom. The summed E-state index contributed by atoms with van der Waals surface area (Å²) in [6.07, 6.45) is 0. The lowest BCUT2D eigenvalue weighted by atomic mass is 9.99. The van der Waals surface area contributed by atoms with Crippen molar-refractivity contribution in [3.8, 4) is 5.75 Å². The lowest BCUT2D eigenvalue weighted by Crippen LogP contribution is -2.48. The molecule has 0 fully saturated rings. The molecule has 1 aromatic carbocycles. The molecule has 0 amide bonds. The predicted molar refractivity (Wildman–Crippen MR) is 81.1 cm³/mol. The van der Waals surface area contributed by atoms with Gasteiger partial charge >= 0.3 is 0 Å². The Bertz CT molecular complexity index is 386. The molecular formula is C14H23BrOSi. The first-order valence-corrected chi connectivity index (χ1v) is 9.82. The third kappa shape index (κ3) is 3.13. The summed E-state index contributed by atoms with van der Waals surface area (Å²) in [6.45, 7) is 13.8. The zero-order valence-corrected chi connectivity index (χ0v) is 14.3. The van der Waals surface area contributed by atoms with Crippen LogP contribution in [0.4, 0.5) is 0 Å². The first kappa shape index (κ1) is 14.8. The summed E-state index contributed by atoms with van der Waals surface area (Å²) in [4.78, 5) is 0. The van der Waals surface area contributed by atoms with Gasteiger partial charge in [-0.15, -0.1) is 0 Å². The highest BCUT2D eigenvalue weighted by Crippen LogP contribution is 2.45. The fourth-order valence-corrected chi connectivity index (χ4v) is 4.53. The Morgan fingerprint density at radius 2 is 1.71 bits per heavy atom. The molecule has 0 radical (unpaired) electrons. The van der Waals surface area contributed by atoms with E-state index in [2.05, 4.69) is 56.7 Å². The van der Waals surface area contributed by atoms with Crippen molar-refractivity contribution in [2.75, 3.05) is 0 Å². The van der Waals surface area contributed by atoms with E-state index in [1.54, 1.807) is 0 Å². The van der Waals surface area contributed by atoms with Crippen LogP contribution in [-0.2, 0) is 0 Å². The van der Waals surface area contributed by atoms with Crippen LogP contribution in [0.15, 0.2) is 28.7 Å². The van der Waals surface area contributed by atoms with Gasteiger partial charge in [0.25, 0.3) is 8.32 Å². The lowest BCUT2D eigenvalue weighted by Gasteiger charge is -2.42. The molecular weight excluding hydrogens is 292 g/mol. The Hall–Kier alpha value is -0.283. The maximum atomic E-state index is 6.35. The largest absolute Gasteiger partial charge is 0.543 e. The highest BCUT2D eigenvalue weighted by atomic mass is 79.9. The molecule has 0 spiro atoms. The van der Waals surface area contributed by atoms with E-state index in [1.165, 1.54) is 0 Å². The number of hydrogen-bond acceptors (Lipinski definition) is 1. The second kappa shape index (κ2) is 5.15. The van der Waals surface area contributed by atoms with E-state index in [4.69, 9.17) is 4.43 Å². The summed E-state index contributed by atoms with van der Waals surface area (Å²) in [7, 11) is -1.80. The number of hydrogen-bond donors (Lipinski definition) is 0. The van der Waals surface area contributed by atoms with Crippen molar-refractivity contribution in [2.45, 2.75) is 45.8 Å². The minimum Gasteiger partial charge on any atom is -0.543 e. The van der Waals surface area contributed by atoms with Crippen molar-refractivity contribution in [3.05, 3.63) is 28.7 Å². The quantitative estimate of drug-likeness (QED) is 0.670. The van der Waals surface area contributed by atoms with Gasteiger partial charge in [-0.3, -0.25) is 0 Å². The fourth-order valence-electron chi connectivity index (χ4n) is 1.63. The first-order valence-electron chi connectivity index (χ1n) is 6.12. The van der Waals surface area contributed by atoms with Crippen LogP contribution in [0.25, 0.3) is 0 Å². The van der Waals surface area contributed by atoms with Gasteiger partial charge in [0.15, 0.2) is 0 Å². The predicted octanol–water partition coefficient (Wildman–Crippen LogP) is 5.47. The van der Waals surface area contributed by atoms with Crippen molar-refractivity contribution >= 4 is 24.2 Å². The molecule has 0 N–H and O–H groups in total. The molecule has 0 heterocycles. The first-order chi connectivity index (χ1) is 7.68. The van der Waals surface area contributed by atoms with Crippen LogP contribution < -0.4 is 4.43 Å². The minimum atomic E-state index is -1.80. The average molecular weight is 315 g/mol. The number of halogens is 1. The van der Waals surface area contributed by atoms with Gasteiger partial charge in [-0.05, 0) is 52.1 Å². The van der Waals surface area contributed by atoms with Crippen molar-refractivity contribution in [1.29, 1.82) is 0 Å². The smallest absolute Gasteiger partial charge is 0.251 e. The Labute approximate surface area is 115 Å². The minimum absolute atomic E-state index is 0.238. The maximum Gasteiger partial charge on any atom is 0.251 e. The van der Waals surface area contributed by atoms with Gasteiger partial charge in [-0.25, -0.2) is 0 Å². The van der Waals surface area contributed by atoms with Crippen LogP contribution in [-0.4, -0.2) is 8.32 Å². The molecule has 0 aliphatic rings. The van der Waals surface area contributed by atoms with Crippen molar-refractivity contribution in [3.63, 3.8) is 0 Å². The Kier molecular flexibility index (Phi) is 4.47. The van der Waals surface area contributed by atoms with Gasteiger partial charge in [0.05, 0.1) is 4.47 Å². The van der Waals surface area contributed by atoms with E-state index < -0.39 is 8.32 Å². The van der Waals surface area contributed by atoms with Crippen molar-refractivity contribution in [1.82, 2.24) is 0 Å². The van der Waals surface area contributed by atoms with Crippen LogP contribution in [0.1, 0.15) is 27.7 Å². The Morgan fingerprint density at radius 3 is 2.18 bits per heavy atom. The number of para-hydroxylation sites is 1. The molecule has 0 saturated carbocycles. The molecule has 0 unspecified atom stereocenters. The van der Waals surface area contributed by atoms with Crippen LogP contribution in [0.5, 0.6) is 5.75 Å².